The van der Waals surface area contributed by atoms with Crippen LogP contribution in [-0.4, -0.2) is 132 Å². The van der Waals surface area contributed by atoms with Gasteiger partial charge in [0.15, 0.2) is 34.7 Å². The molecule has 524 valence electrons. The van der Waals surface area contributed by atoms with Crippen LogP contribution in [-0.2, 0) is 24.1 Å². The Bertz CT molecular complexity index is 4860. The quantitative estimate of drug-likeness (QED) is 0.0771. The van der Waals surface area contributed by atoms with E-state index in [1.165, 1.54) is 28.5 Å². The molecule has 0 aliphatic heterocycles. The Balaban J connectivity index is 0.000000132. The van der Waals surface area contributed by atoms with E-state index in [1.807, 2.05) is 61.8 Å². The highest BCUT2D eigenvalue weighted by molar-refractivity contribution is 6.21. The van der Waals surface area contributed by atoms with Crippen LogP contribution in [0.15, 0.2) is 153 Å². The first-order chi connectivity index (χ1) is 49.4. The predicted molar refractivity (Wildman–Crippen MR) is 386 cm³/mol. The van der Waals surface area contributed by atoms with Gasteiger partial charge in [-0.2, -0.15) is 15.3 Å². The molecule has 0 bridgehead atoms. The number of Topliss-reactive ketones (excluding diaryl/α,β-unsaturated/α-hetero) is 5. The molecule has 4 aromatic heterocycles. The summed E-state index contributed by atoms with van der Waals surface area (Å²) in [5, 5.41) is 53.7. The van der Waals surface area contributed by atoms with E-state index in [1.54, 1.807) is 58.1 Å². The van der Waals surface area contributed by atoms with Crippen LogP contribution < -0.4 is 21.8 Å². The number of aromatic nitrogens is 12. The summed E-state index contributed by atoms with van der Waals surface area (Å²) in [5.74, 6) is 5.35. The lowest BCUT2D eigenvalue weighted by Gasteiger charge is -2.25. The molecule has 3 atom stereocenters. The largest absolute Gasteiger partial charge is 0.391 e. The number of nitrogens with zero attached hydrogens (tertiary/aromatic N) is 15. The average Bonchev–Trinajstić information content (AvgIpc) is 1.56. The number of rotatable bonds is 9. The first-order valence-electron chi connectivity index (χ1n) is 35.2. The fourth-order valence-electron chi connectivity index (χ4n) is 16.6. The molecule has 0 amide bonds. The van der Waals surface area contributed by atoms with E-state index in [-0.39, 0.29) is 52.5 Å². The molecule has 4 heterocycles. The molecule has 3 unspecified atom stereocenters. The summed E-state index contributed by atoms with van der Waals surface area (Å²) in [6.07, 6.45) is 33.2. The summed E-state index contributed by atoms with van der Waals surface area (Å²) in [5.41, 5.74) is 25.6. The molecule has 25 heteroatoms. The maximum atomic E-state index is 14.2. The topological polar surface area (TPSA) is 324 Å². The fourth-order valence-corrected chi connectivity index (χ4v) is 16.6. The van der Waals surface area contributed by atoms with Crippen LogP contribution in [0.1, 0.15) is 242 Å². The van der Waals surface area contributed by atoms with Gasteiger partial charge in [0.05, 0.1) is 17.1 Å². The van der Waals surface area contributed by atoms with Gasteiger partial charge in [0.25, 0.3) is 0 Å². The van der Waals surface area contributed by atoms with Crippen molar-refractivity contribution in [2.75, 3.05) is 27.0 Å². The van der Waals surface area contributed by atoms with Crippen molar-refractivity contribution in [2.45, 2.75) is 175 Å². The van der Waals surface area contributed by atoms with Crippen molar-refractivity contribution in [1.82, 2.24) is 75.4 Å². The van der Waals surface area contributed by atoms with Crippen LogP contribution in [0, 0.1) is 20.8 Å². The van der Waals surface area contributed by atoms with Crippen LogP contribution in [0.25, 0.3) is 0 Å². The molecular weight excluding hydrogens is 1290 g/mol. The van der Waals surface area contributed by atoms with E-state index in [4.69, 9.17) is 10.9 Å². The first kappa shape index (κ1) is 69.4. The van der Waals surface area contributed by atoms with Gasteiger partial charge in [-0.25, -0.2) is 18.7 Å². The monoisotopic (exact) mass is 1370 g/mol. The maximum Gasteiger partial charge on any atom is 0.192 e. The normalized spacial score (nSPS) is 22.3. The van der Waals surface area contributed by atoms with Crippen molar-refractivity contribution in [3.05, 3.63) is 221 Å². The van der Waals surface area contributed by atoms with Crippen molar-refractivity contribution < 1.29 is 28.8 Å². The summed E-state index contributed by atoms with van der Waals surface area (Å²) < 4.78 is 6.17. The van der Waals surface area contributed by atoms with Crippen molar-refractivity contribution in [1.29, 1.82) is 0 Å². The number of nitrogen functional groups attached to an aromatic ring is 1. The van der Waals surface area contributed by atoms with Crippen LogP contribution in [0.3, 0.4) is 0 Å². The SMILES string of the molecule is CN/C(C)=C1\C(=O)c2c(cc(C)c3c2CCC/C3=N\n2cnnc2)C1C1=C/C(=N/n2cnnc2)CCC1.CN/C(C)=C1\C(=O)c2c(cc(C)c3c2CCCC3=O)C1C1=C/C(=N/n2cnnc2)CCC1.CN/C(C)=C1\C(=O)c2c(cc(C)c3c2CCCC3=O)C1C1=CC(=O)CCC1.Nn1cnnc1. The van der Waals surface area contributed by atoms with Crippen molar-refractivity contribution >= 4 is 51.8 Å². The first-order valence-corrected chi connectivity index (χ1v) is 35.2. The van der Waals surface area contributed by atoms with Crippen LogP contribution in [0.4, 0.5) is 0 Å². The third kappa shape index (κ3) is 13.3. The number of nitrogens with two attached hydrogens (primary N) is 1. The van der Waals surface area contributed by atoms with Gasteiger partial charge in [-0.15, -0.1) is 40.8 Å². The van der Waals surface area contributed by atoms with Gasteiger partial charge >= 0.3 is 0 Å². The predicted octanol–water partition coefficient (Wildman–Crippen LogP) is 10.4. The highest BCUT2D eigenvalue weighted by atomic mass is 16.1. The van der Waals surface area contributed by atoms with Gasteiger partial charge in [0.1, 0.15) is 50.6 Å². The minimum Gasteiger partial charge on any atom is -0.391 e. The molecule has 9 aliphatic carbocycles. The van der Waals surface area contributed by atoms with Crippen LogP contribution >= 0.6 is 0 Å². The zero-order valence-corrected chi connectivity index (χ0v) is 59.3. The summed E-state index contributed by atoms with van der Waals surface area (Å²) >= 11 is 0. The van der Waals surface area contributed by atoms with Crippen LogP contribution in [0.5, 0.6) is 0 Å². The number of ketones is 6. The van der Waals surface area contributed by atoms with Crippen molar-refractivity contribution in [3.63, 3.8) is 0 Å². The second-order valence-electron chi connectivity index (χ2n) is 27.4. The maximum absolute atomic E-state index is 14.2. The molecule has 0 saturated heterocycles. The fraction of sp³-hybridized carbons (Fsp3) is 0.390. The molecule has 25 nitrogen and oxygen atoms in total. The van der Waals surface area contributed by atoms with Crippen molar-refractivity contribution in [2.24, 2.45) is 15.3 Å². The summed E-state index contributed by atoms with van der Waals surface area (Å²) in [6.45, 7) is 12.0. The number of carbonyl (C=O) groups is 6. The summed E-state index contributed by atoms with van der Waals surface area (Å²) in [6, 6.07) is 6.32. The zero-order chi connectivity index (χ0) is 71.6. The molecule has 0 radical (unpaired) electrons. The molecule has 7 aromatic rings. The highest BCUT2D eigenvalue weighted by Crippen LogP contribution is 2.52. The Morgan fingerprint density at radius 2 is 0.716 bits per heavy atom. The third-order valence-electron chi connectivity index (χ3n) is 21.1. The highest BCUT2D eigenvalue weighted by Gasteiger charge is 2.46. The molecule has 102 heavy (non-hydrogen) atoms. The van der Waals surface area contributed by atoms with E-state index in [2.05, 4.69) is 98.2 Å². The number of fused-ring (bicyclic) bond motifs is 9. The number of nitrogens with one attached hydrogen (secondary N) is 3. The van der Waals surface area contributed by atoms with Gasteiger partial charge in [0, 0.05) is 125 Å². The van der Waals surface area contributed by atoms with Gasteiger partial charge in [-0.1, -0.05) is 34.9 Å². The van der Waals surface area contributed by atoms with E-state index in [9.17, 15) is 28.8 Å². The Morgan fingerprint density at radius 3 is 1.08 bits per heavy atom. The lowest BCUT2D eigenvalue weighted by Crippen LogP contribution is -2.19. The number of benzene rings is 3. The van der Waals surface area contributed by atoms with E-state index in [0.717, 1.165) is 236 Å². The molecular formula is C77H85N19O6. The second kappa shape index (κ2) is 29.6. The average molecular weight is 1370 g/mol. The second-order valence-corrected chi connectivity index (χ2v) is 27.4. The number of aryl methyl sites for hydroxylation is 3. The molecule has 0 saturated carbocycles. The molecule has 5 N–H and O–H groups in total. The Morgan fingerprint density at radius 1 is 0.392 bits per heavy atom. The Labute approximate surface area is 591 Å². The molecule has 3 aromatic carbocycles. The number of hydrogen-bond donors (Lipinski definition) is 4. The zero-order valence-electron chi connectivity index (χ0n) is 59.3. The van der Waals surface area contributed by atoms with E-state index >= 15 is 0 Å². The molecule has 16 rings (SSSR count). The third-order valence-corrected chi connectivity index (χ3v) is 21.1. The van der Waals surface area contributed by atoms with Crippen molar-refractivity contribution in [3.8, 4) is 0 Å². The minimum atomic E-state index is -0.176. The van der Waals surface area contributed by atoms with E-state index in [0.29, 0.717) is 19.3 Å². The standard InChI is InChI=1S/C27H29N9O.C25H27N5O2.C23H25NO3.C2H4N4/c1-16-10-21-25(18-6-4-7-19(11-18)33-35-12-29-30-13-35)24(17(2)28-3)27(37)26(21)20-8-5-9-22(23(16)20)34-36-14-31-32-15-36;1-14-10-19-23(16-6-4-7-17(11-16)29-30-12-27-28-13-30)22(15(2)26-3)25(32)24(19)18-8-5-9-20(31)21(14)18;1-12-10-17-21(14-6-4-7-15(25)11-14)20(13(2)24-3)23(27)22(17)16-8-5-9-18(26)19(12)16;3-6-1-4-5-2-6/h10-15,25,28H,4-9H2,1-3H3;10-13,23,26H,4-9H2,1-3H3;10-11,21,24H,4-9H2,1-3H3;1-2H,3H2/b24-17-,33-19+,34-22+;22-15-,29-17+;20-13-;. The van der Waals surface area contributed by atoms with Gasteiger partial charge in [-0.3, -0.25) is 28.8 Å². The lowest BCUT2D eigenvalue weighted by molar-refractivity contribution is -0.115. The Kier molecular flexibility index (Phi) is 20.1. The minimum absolute atomic E-state index is 0.0201. The summed E-state index contributed by atoms with van der Waals surface area (Å²) in [4.78, 5) is 78.7. The smallest absolute Gasteiger partial charge is 0.192 e. The Hall–Kier alpha value is -11.1. The number of hydrogen-bond acceptors (Lipinski definition) is 21. The van der Waals surface area contributed by atoms with Gasteiger partial charge in [0.2, 0.25) is 0 Å². The number of carbonyl (C=O) groups excluding carboxylic acids is 6. The molecule has 0 spiro atoms. The summed E-state index contributed by atoms with van der Waals surface area (Å²) in [7, 11) is 5.56. The van der Waals surface area contributed by atoms with E-state index < -0.39 is 0 Å². The van der Waals surface area contributed by atoms with Gasteiger partial charge < -0.3 is 21.8 Å². The van der Waals surface area contributed by atoms with Gasteiger partial charge in [-0.05, 0) is 206 Å². The number of allylic oxidation sites excluding steroid dienone is 12. The molecule has 0 fully saturated rings. The van der Waals surface area contributed by atoms with Crippen LogP contribution in [0.2, 0.25) is 0 Å². The lowest BCUT2D eigenvalue weighted by atomic mass is 9.79. The molecule has 9 aliphatic rings.